The van der Waals surface area contributed by atoms with E-state index in [0.717, 1.165) is 17.5 Å². The topological polar surface area (TPSA) is 178 Å². The molecule has 1 aliphatic heterocycles. The molecule has 15 heteroatoms. The zero-order valence-corrected chi connectivity index (χ0v) is 23.6. The van der Waals surface area contributed by atoms with E-state index in [4.69, 9.17) is 18.3 Å². The lowest BCUT2D eigenvalue weighted by atomic mass is 9.87. The fourth-order valence-corrected chi connectivity index (χ4v) is 5.01. The minimum Gasteiger partial charge on any atom is -0.429 e. The van der Waals surface area contributed by atoms with Crippen LogP contribution in [0.5, 0.6) is 0 Å². The molecular weight excluding hydrogens is 527 g/mol. The van der Waals surface area contributed by atoms with Gasteiger partial charge in [-0.25, -0.2) is 4.79 Å². The Kier molecular flexibility index (Phi) is 11.0. The van der Waals surface area contributed by atoms with Crippen LogP contribution in [0.25, 0.3) is 0 Å². The van der Waals surface area contributed by atoms with Gasteiger partial charge in [0.15, 0.2) is 16.9 Å². The second-order valence-corrected chi connectivity index (χ2v) is 13.0. The molecule has 0 radical (unpaired) electrons. The number of amides is 2. The van der Waals surface area contributed by atoms with Crippen molar-refractivity contribution in [3.8, 4) is 0 Å². The van der Waals surface area contributed by atoms with E-state index in [9.17, 15) is 24.1 Å². The Balaban J connectivity index is 1.82. The summed E-state index contributed by atoms with van der Waals surface area (Å²) in [5.74, 6) is -1.15. The lowest BCUT2D eigenvalue weighted by Gasteiger charge is -2.36. The molecule has 1 aromatic heterocycles. The fraction of sp³-hybridized carbons (Fsp3) is 0.682. The van der Waals surface area contributed by atoms with Crippen molar-refractivity contribution in [3.63, 3.8) is 0 Å². The van der Waals surface area contributed by atoms with E-state index in [1.54, 1.807) is 19.9 Å². The summed E-state index contributed by atoms with van der Waals surface area (Å²) in [6.07, 6.45) is -1.12. The first kappa shape index (κ1) is 31.1. The summed E-state index contributed by atoms with van der Waals surface area (Å²) in [7, 11) is -3.98. The molecule has 1 aromatic rings. The number of nitrogens with zero attached hydrogens (tertiary/aromatic N) is 1. The maximum Gasteiger partial charge on any atom is 0.576 e. The van der Waals surface area contributed by atoms with E-state index in [1.165, 1.54) is 6.92 Å². The Bertz CT molecular complexity index is 982. The van der Waals surface area contributed by atoms with E-state index in [1.807, 2.05) is 20.8 Å². The summed E-state index contributed by atoms with van der Waals surface area (Å²) in [6, 6.07) is 1.56. The quantitative estimate of drug-likeness (QED) is 0.134. The first-order valence-electron chi connectivity index (χ1n) is 11.6. The molecule has 4 N–H and O–H groups in total. The van der Waals surface area contributed by atoms with E-state index >= 15 is 0 Å². The van der Waals surface area contributed by atoms with Gasteiger partial charge in [-0.3, -0.25) is 19.5 Å². The molecule has 2 rings (SSSR count). The summed E-state index contributed by atoms with van der Waals surface area (Å²) in [6.45, 7) is 10.4. The fourth-order valence-electron chi connectivity index (χ4n) is 3.00. The van der Waals surface area contributed by atoms with E-state index in [-0.39, 0.29) is 41.7 Å². The summed E-state index contributed by atoms with van der Waals surface area (Å²) in [5, 5.41) is 11.9. The molecule has 13 nitrogen and oxygen atoms in total. The van der Waals surface area contributed by atoms with Crippen LogP contribution < -0.4 is 10.6 Å². The molecule has 2 heterocycles. The predicted octanol–water partition coefficient (Wildman–Crippen LogP) is 1.85. The normalized spacial score (nSPS) is 21.2. The van der Waals surface area contributed by atoms with Gasteiger partial charge in [-0.15, -0.1) is 9.05 Å². The third kappa shape index (κ3) is 9.95. The highest BCUT2D eigenvalue weighted by molar-refractivity contribution is 8.13. The summed E-state index contributed by atoms with van der Waals surface area (Å²) in [5.41, 5.74) is -0.273. The predicted molar refractivity (Wildman–Crippen MR) is 136 cm³/mol. The molecule has 0 aromatic carbocycles. The average molecular weight is 564 g/mol. The van der Waals surface area contributed by atoms with Gasteiger partial charge in [0, 0.05) is 48.7 Å². The molecule has 208 valence electrons. The minimum absolute atomic E-state index is 0.0239. The molecule has 2 amide bonds. The molecule has 1 aliphatic rings. The number of esters is 1. The van der Waals surface area contributed by atoms with Gasteiger partial charge in [0.05, 0.1) is 0 Å². The number of ether oxygens (including phenoxy) is 1. The summed E-state index contributed by atoms with van der Waals surface area (Å²) in [4.78, 5) is 58.4. The van der Waals surface area contributed by atoms with Crippen molar-refractivity contribution in [1.82, 2.24) is 20.8 Å². The third-order valence-electron chi connectivity index (χ3n) is 5.17. The van der Waals surface area contributed by atoms with Crippen LogP contribution in [0.15, 0.2) is 6.07 Å². The van der Waals surface area contributed by atoms with Crippen LogP contribution in [0.2, 0.25) is 0 Å². The second kappa shape index (κ2) is 13.1. The number of thioether (sulfide) groups is 1. The molecular formula is C22H36N4O9PS+. The molecule has 1 saturated heterocycles. The van der Waals surface area contributed by atoms with Gasteiger partial charge < -0.3 is 15.4 Å². The monoisotopic (exact) mass is 563 g/mol. The minimum atomic E-state index is -3.98. The standard InChI is InChI=1S/C22H35N4O9PS/c1-14(27)37-10-9-23-17(28)7-8-24-19(29)18-22(5,6)12-33-36(31,35-18)34-13-32-20(30)15-11-16(26-25-15)21(2,3)4/h11,18,31H,7-10,12-13H2,1-6H3,(H2-,23,24,25,26,28,29,30)/p+1/t18-,36?/m0/s1. The van der Waals surface area contributed by atoms with Gasteiger partial charge >= 0.3 is 14.1 Å². The van der Waals surface area contributed by atoms with Gasteiger partial charge in [-0.2, -0.15) is 14.5 Å². The zero-order valence-electron chi connectivity index (χ0n) is 21.9. The van der Waals surface area contributed by atoms with Crippen LogP contribution in [0.3, 0.4) is 0 Å². The van der Waals surface area contributed by atoms with Crippen molar-refractivity contribution in [2.75, 3.05) is 32.2 Å². The van der Waals surface area contributed by atoms with Crippen molar-refractivity contribution < 1.29 is 42.4 Å². The number of carbonyl (C=O) groups is 4. The zero-order chi connectivity index (χ0) is 27.9. The number of nitrogens with one attached hydrogen (secondary N) is 3. The Morgan fingerprint density at radius 3 is 2.59 bits per heavy atom. The number of carbonyl (C=O) groups excluding carboxylic acids is 4. The van der Waals surface area contributed by atoms with Gasteiger partial charge in [-0.1, -0.05) is 46.4 Å². The van der Waals surface area contributed by atoms with Gasteiger partial charge in [0.1, 0.15) is 6.61 Å². The van der Waals surface area contributed by atoms with Crippen LogP contribution in [-0.2, 0) is 38.1 Å². The van der Waals surface area contributed by atoms with Crippen molar-refractivity contribution in [2.24, 2.45) is 5.41 Å². The Labute approximate surface area is 220 Å². The first-order chi connectivity index (χ1) is 17.1. The number of H-pyrrole nitrogens is 1. The highest BCUT2D eigenvalue weighted by Crippen LogP contribution is 2.63. The lowest BCUT2D eigenvalue weighted by molar-refractivity contribution is -0.146. The largest absolute Gasteiger partial charge is 0.576 e. The molecule has 2 atom stereocenters. The number of aromatic nitrogens is 2. The van der Waals surface area contributed by atoms with E-state index < -0.39 is 38.4 Å². The first-order valence-corrected chi connectivity index (χ1v) is 14.1. The van der Waals surface area contributed by atoms with Crippen LogP contribution >= 0.6 is 19.9 Å². The number of hydrogen-bond acceptors (Lipinski definition) is 11. The summed E-state index contributed by atoms with van der Waals surface area (Å²) < 4.78 is 21.1. The third-order valence-corrected chi connectivity index (χ3v) is 7.35. The van der Waals surface area contributed by atoms with Crippen molar-refractivity contribution >= 4 is 42.8 Å². The van der Waals surface area contributed by atoms with Crippen molar-refractivity contribution in [1.29, 1.82) is 0 Å². The SMILES string of the molecule is CC(=O)SCCNC(=O)CCNC(=O)[C@@H]1O[P+](O)(OCOC(=O)c2cc(C(C)(C)C)[nH]n2)OCC1(C)C. The maximum atomic E-state index is 12.8. The smallest absolute Gasteiger partial charge is 0.429 e. The maximum absolute atomic E-state index is 12.8. The van der Waals surface area contributed by atoms with Gasteiger partial charge in [0.2, 0.25) is 12.7 Å². The molecule has 0 bridgehead atoms. The molecule has 0 saturated carbocycles. The van der Waals surface area contributed by atoms with E-state index in [2.05, 4.69) is 20.8 Å². The van der Waals surface area contributed by atoms with Crippen molar-refractivity contribution in [3.05, 3.63) is 17.5 Å². The molecule has 0 aliphatic carbocycles. The average Bonchev–Trinajstić information content (AvgIpc) is 3.30. The molecule has 0 spiro atoms. The van der Waals surface area contributed by atoms with Crippen LogP contribution in [0.4, 0.5) is 0 Å². The van der Waals surface area contributed by atoms with Crippen LogP contribution in [0.1, 0.15) is 64.1 Å². The Hall–Kier alpha value is -2.09. The number of hydrogen-bond donors (Lipinski definition) is 4. The second-order valence-electron chi connectivity index (χ2n) is 10.0. The summed E-state index contributed by atoms with van der Waals surface area (Å²) >= 11 is 1.11. The Morgan fingerprint density at radius 2 is 1.97 bits per heavy atom. The van der Waals surface area contributed by atoms with Crippen LogP contribution in [0, 0.1) is 5.41 Å². The van der Waals surface area contributed by atoms with Crippen LogP contribution in [-0.4, -0.2) is 76.3 Å². The highest BCUT2D eigenvalue weighted by atomic mass is 32.2. The number of rotatable bonds is 11. The van der Waals surface area contributed by atoms with Gasteiger partial charge in [0.25, 0.3) is 5.91 Å². The Morgan fingerprint density at radius 1 is 1.27 bits per heavy atom. The molecule has 1 fully saturated rings. The van der Waals surface area contributed by atoms with E-state index in [0.29, 0.717) is 12.3 Å². The lowest BCUT2D eigenvalue weighted by Crippen LogP contribution is -2.50. The van der Waals surface area contributed by atoms with Crippen molar-refractivity contribution in [2.45, 2.75) is 59.5 Å². The number of aromatic amines is 1. The highest BCUT2D eigenvalue weighted by Gasteiger charge is 2.59. The molecule has 1 unspecified atom stereocenters. The molecule has 37 heavy (non-hydrogen) atoms. The van der Waals surface area contributed by atoms with Gasteiger partial charge in [-0.05, 0) is 6.07 Å².